The van der Waals surface area contributed by atoms with Crippen molar-refractivity contribution in [3.63, 3.8) is 0 Å². The van der Waals surface area contributed by atoms with Crippen molar-refractivity contribution >= 4 is 5.91 Å². The molecule has 0 radical (unpaired) electrons. The first-order valence-corrected chi connectivity index (χ1v) is 6.92. The van der Waals surface area contributed by atoms with Crippen molar-refractivity contribution in [2.24, 2.45) is 11.3 Å². The third-order valence-electron chi connectivity index (χ3n) is 5.12. The summed E-state index contributed by atoms with van der Waals surface area (Å²) in [7, 11) is 0. The van der Waals surface area contributed by atoms with Crippen LogP contribution in [0.3, 0.4) is 0 Å². The Bertz CT molecular complexity index is 432. The van der Waals surface area contributed by atoms with Crippen molar-refractivity contribution in [3.8, 4) is 0 Å². The molecule has 3 heterocycles. The first-order chi connectivity index (χ1) is 8.61. The van der Waals surface area contributed by atoms with Crippen molar-refractivity contribution < 1.29 is 19.4 Å². The summed E-state index contributed by atoms with van der Waals surface area (Å²) in [5.41, 5.74) is -1.30. The summed E-state index contributed by atoms with van der Waals surface area (Å²) in [5.74, 6) is -0.208. The molecule has 0 aliphatic carbocycles. The van der Waals surface area contributed by atoms with Crippen LogP contribution in [0.15, 0.2) is 0 Å². The van der Waals surface area contributed by atoms with E-state index >= 15 is 0 Å². The molecule has 108 valence electrons. The zero-order valence-corrected chi connectivity index (χ0v) is 12.3. The lowest BCUT2D eigenvalue weighted by atomic mass is 9.78. The largest absolute Gasteiger partial charge is 0.368 e. The van der Waals surface area contributed by atoms with Crippen molar-refractivity contribution in [2.75, 3.05) is 6.61 Å². The fraction of sp³-hybridized carbons (Fsp3) is 0.929. The standard InChI is InChI=1S/C14H23NO4/c1-12(2,3)11-15-10(17)8-6-9(16)19-14(8,5)13(15,4)7-18-11/h8-9,11,16H,6-7H2,1-5H3/t8-,9?,11-,13-,14-/m0/s1. The second-order valence-corrected chi connectivity index (χ2v) is 7.48. The Morgan fingerprint density at radius 3 is 2.58 bits per heavy atom. The normalized spacial score (nSPS) is 49.7. The van der Waals surface area contributed by atoms with Crippen molar-refractivity contribution in [2.45, 2.75) is 64.7 Å². The predicted octanol–water partition coefficient (Wildman–Crippen LogP) is 1.10. The average molecular weight is 269 g/mol. The Morgan fingerprint density at radius 1 is 1.37 bits per heavy atom. The van der Waals surface area contributed by atoms with Gasteiger partial charge in [-0.2, -0.15) is 0 Å². The van der Waals surface area contributed by atoms with E-state index in [0.29, 0.717) is 13.0 Å². The zero-order chi connectivity index (χ0) is 14.2. The van der Waals surface area contributed by atoms with Crippen molar-refractivity contribution in [1.29, 1.82) is 0 Å². The molecular weight excluding hydrogens is 246 g/mol. The highest BCUT2D eigenvalue weighted by Gasteiger charge is 2.72. The van der Waals surface area contributed by atoms with Gasteiger partial charge in [0.2, 0.25) is 5.91 Å². The first-order valence-electron chi connectivity index (χ1n) is 6.92. The fourth-order valence-electron chi connectivity index (χ4n) is 3.87. The topological polar surface area (TPSA) is 59.0 Å². The number of hydrogen-bond acceptors (Lipinski definition) is 4. The van der Waals surface area contributed by atoms with E-state index in [1.165, 1.54) is 0 Å². The molecule has 3 rings (SSSR count). The van der Waals surface area contributed by atoms with Gasteiger partial charge in [0.1, 0.15) is 11.8 Å². The SMILES string of the molecule is CC(C)(C)[C@@H]1OC[C@]2(C)N1C(=O)[C@@H]1CC(O)O[C@@]12C. The molecule has 5 heteroatoms. The third-order valence-corrected chi connectivity index (χ3v) is 5.12. The molecule has 0 bridgehead atoms. The molecule has 0 saturated carbocycles. The van der Waals surface area contributed by atoms with Crippen LogP contribution in [0, 0.1) is 11.3 Å². The number of aliphatic hydroxyl groups excluding tert-OH is 1. The molecule has 19 heavy (non-hydrogen) atoms. The second kappa shape index (κ2) is 3.51. The van der Waals surface area contributed by atoms with Gasteiger partial charge in [0.15, 0.2) is 6.29 Å². The van der Waals surface area contributed by atoms with E-state index in [4.69, 9.17) is 9.47 Å². The summed E-state index contributed by atoms with van der Waals surface area (Å²) in [5, 5.41) is 9.74. The number of rotatable bonds is 0. The van der Waals surface area contributed by atoms with Crippen LogP contribution in [0.5, 0.6) is 0 Å². The summed E-state index contributed by atoms with van der Waals surface area (Å²) in [6.07, 6.45) is -0.682. The molecule has 0 aromatic carbocycles. The Balaban J connectivity index is 2.04. The molecular formula is C14H23NO4. The lowest BCUT2D eigenvalue weighted by Crippen LogP contribution is -2.57. The monoisotopic (exact) mass is 269 g/mol. The average Bonchev–Trinajstić information content (AvgIpc) is 2.80. The highest BCUT2D eigenvalue weighted by atomic mass is 16.6. The quantitative estimate of drug-likeness (QED) is 0.715. The van der Waals surface area contributed by atoms with Gasteiger partial charge in [0, 0.05) is 11.8 Å². The van der Waals surface area contributed by atoms with Gasteiger partial charge >= 0.3 is 0 Å². The Labute approximate surface area is 113 Å². The van der Waals surface area contributed by atoms with E-state index in [0.717, 1.165) is 0 Å². The van der Waals surface area contributed by atoms with Gasteiger partial charge in [-0.1, -0.05) is 20.8 Å². The van der Waals surface area contributed by atoms with Gasteiger partial charge in [-0.05, 0) is 13.8 Å². The van der Waals surface area contributed by atoms with E-state index in [9.17, 15) is 9.90 Å². The maximum absolute atomic E-state index is 12.7. The van der Waals surface area contributed by atoms with Crippen LogP contribution in [0.25, 0.3) is 0 Å². The molecule has 1 unspecified atom stereocenters. The summed E-state index contributed by atoms with van der Waals surface area (Å²) in [6.45, 7) is 10.6. The van der Waals surface area contributed by atoms with E-state index < -0.39 is 17.4 Å². The highest BCUT2D eigenvalue weighted by molar-refractivity contribution is 5.86. The molecule has 3 aliphatic rings. The molecule has 5 atom stereocenters. The third kappa shape index (κ3) is 1.44. The number of carbonyl (C=O) groups is 1. The van der Waals surface area contributed by atoms with Crippen LogP contribution >= 0.6 is 0 Å². The summed E-state index contributed by atoms with van der Waals surface area (Å²) < 4.78 is 11.6. The van der Waals surface area contributed by atoms with Gasteiger partial charge in [0.25, 0.3) is 0 Å². The summed E-state index contributed by atoms with van der Waals surface area (Å²) in [4.78, 5) is 14.6. The fourth-order valence-corrected chi connectivity index (χ4v) is 3.87. The smallest absolute Gasteiger partial charge is 0.231 e. The number of ether oxygens (including phenoxy) is 2. The summed E-state index contributed by atoms with van der Waals surface area (Å²) >= 11 is 0. The number of aliphatic hydroxyl groups is 1. The molecule has 0 aromatic heterocycles. The molecule has 0 spiro atoms. The van der Waals surface area contributed by atoms with Crippen molar-refractivity contribution in [1.82, 2.24) is 4.90 Å². The van der Waals surface area contributed by atoms with E-state index in [1.54, 1.807) is 0 Å². The molecule has 5 nitrogen and oxygen atoms in total. The van der Waals surface area contributed by atoms with Crippen molar-refractivity contribution in [3.05, 3.63) is 0 Å². The molecule has 3 saturated heterocycles. The maximum Gasteiger partial charge on any atom is 0.231 e. The molecule has 0 aromatic rings. The van der Waals surface area contributed by atoms with Gasteiger partial charge in [-0.25, -0.2) is 0 Å². The minimum Gasteiger partial charge on any atom is -0.368 e. The van der Waals surface area contributed by atoms with E-state index in [2.05, 4.69) is 20.8 Å². The summed E-state index contributed by atoms with van der Waals surface area (Å²) in [6, 6.07) is 0. The van der Waals surface area contributed by atoms with Crippen LogP contribution in [0.4, 0.5) is 0 Å². The van der Waals surface area contributed by atoms with E-state index in [1.807, 2.05) is 18.7 Å². The lowest BCUT2D eigenvalue weighted by molar-refractivity contribution is -0.167. The molecule has 1 N–H and O–H groups in total. The first kappa shape index (κ1) is 13.3. The van der Waals surface area contributed by atoms with Gasteiger partial charge in [-0.15, -0.1) is 0 Å². The van der Waals surface area contributed by atoms with Crippen LogP contribution in [0.1, 0.15) is 41.0 Å². The van der Waals surface area contributed by atoms with Crippen LogP contribution < -0.4 is 0 Å². The minimum absolute atomic E-state index is 0.0546. The number of nitrogens with zero attached hydrogens (tertiary/aromatic N) is 1. The number of fused-ring (bicyclic) bond motifs is 3. The van der Waals surface area contributed by atoms with Gasteiger partial charge in [0.05, 0.1) is 18.1 Å². The van der Waals surface area contributed by atoms with Crippen LogP contribution in [-0.2, 0) is 14.3 Å². The number of amides is 1. The highest BCUT2D eigenvalue weighted by Crippen LogP contribution is 2.56. The Kier molecular flexibility index (Phi) is 2.46. The van der Waals surface area contributed by atoms with E-state index in [-0.39, 0.29) is 23.5 Å². The number of hydrogen-bond donors (Lipinski definition) is 1. The van der Waals surface area contributed by atoms with Gasteiger partial charge < -0.3 is 19.5 Å². The predicted molar refractivity (Wildman–Crippen MR) is 68.0 cm³/mol. The minimum atomic E-state index is -0.841. The Morgan fingerprint density at radius 2 is 2.00 bits per heavy atom. The molecule has 3 aliphatic heterocycles. The van der Waals surface area contributed by atoms with Gasteiger partial charge in [-0.3, -0.25) is 4.79 Å². The number of carbonyl (C=O) groups excluding carboxylic acids is 1. The van der Waals surface area contributed by atoms with Crippen LogP contribution in [-0.4, -0.2) is 46.2 Å². The Hall–Kier alpha value is -0.650. The molecule has 1 amide bonds. The molecule has 3 fully saturated rings. The second-order valence-electron chi connectivity index (χ2n) is 7.48. The maximum atomic E-state index is 12.7. The lowest BCUT2D eigenvalue weighted by Gasteiger charge is -2.41. The van der Waals surface area contributed by atoms with Crippen LogP contribution in [0.2, 0.25) is 0 Å². The zero-order valence-electron chi connectivity index (χ0n) is 12.3.